The molecule has 0 radical (unpaired) electrons. The van der Waals surface area contributed by atoms with Gasteiger partial charge in [0.25, 0.3) is 0 Å². The molecule has 0 aliphatic rings. The maximum Gasteiger partial charge on any atom is 0.229 e. The molecule has 6 heteroatoms. The van der Waals surface area contributed by atoms with Gasteiger partial charge in [0.2, 0.25) is 11.7 Å². The molecule has 0 saturated heterocycles. The fraction of sp³-hybridized carbons (Fsp3) is 0.429. The van der Waals surface area contributed by atoms with Gasteiger partial charge in [-0.15, -0.1) is 0 Å². The highest BCUT2D eigenvalue weighted by Gasteiger charge is 2.24. The summed E-state index contributed by atoms with van der Waals surface area (Å²) in [6, 6.07) is 4.50. The van der Waals surface area contributed by atoms with Gasteiger partial charge in [0, 0.05) is 5.56 Å². The molecule has 0 fully saturated rings. The van der Waals surface area contributed by atoms with Gasteiger partial charge in [-0.1, -0.05) is 25.9 Å². The van der Waals surface area contributed by atoms with Crippen LogP contribution in [0.2, 0.25) is 0 Å². The SMILES string of the molecule is CC(C)(C)C(O)Cc1nc(-c2ccc(F)c(Br)c2)no1. The molecule has 0 saturated carbocycles. The fourth-order valence-electron chi connectivity index (χ4n) is 1.56. The molecule has 1 heterocycles. The first kappa shape index (κ1) is 15.1. The Hall–Kier alpha value is -1.27. The molecule has 1 N–H and O–H groups in total. The molecule has 0 bridgehead atoms. The van der Waals surface area contributed by atoms with E-state index >= 15 is 0 Å². The number of halogens is 2. The summed E-state index contributed by atoms with van der Waals surface area (Å²) in [6.45, 7) is 5.81. The zero-order valence-corrected chi connectivity index (χ0v) is 13.1. The molecule has 0 aliphatic heterocycles. The van der Waals surface area contributed by atoms with Crippen molar-refractivity contribution in [3.8, 4) is 11.4 Å². The standard InChI is InChI=1S/C14H16BrFN2O2/c1-14(2,3)11(19)7-12-17-13(18-20-12)8-4-5-10(16)9(15)6-8/h4-6,11,19H,7H2,1-3H3. The first-order valence-electron chi connectivity index (χ1n) is 6.23. The van der Waals surface area contributed by atoms with Crippen molar-refractivity contribution < 1.29 is 14.0 Å². The Morgan fingerprint density at radius 1 is 1.40 bits per heavy atom. The number of benzene rings is 1. The molecule has 1 atom stereocenters. The lowest BCUT2D eigenvalue weighted by molar-refractivity contribution is 0.0565. The molecule has 4 nitrogen and oxygen atoms in total. The monoisotopic (exact) mass is 342 g/mol. The van der Waals surface area contributed by atoms with Crippen LogP contribution in [0.25, 0.3) is 11.4 Å². The number of aromatic nitrogens is 2. The normalized spacial score (nSPS) is 13.5. The molecule has 0 aliphatic carbocycles. The van der Waals surface area contributed by atoms with Crippen LogP contribution in [0.5, 0.6) is 0 Å². The van der Waals surface area contributed by atoms with E-state index in [1.54, 1.807) is 12.1 Å². The van der Waals surface area contributed by atoms with E-state index in [-0.39, 0.29) is 11.2 Å². The van der Waals surface area contributed by atoms with E-state index in [0.717, 1.165) is 0 Å². The second kappa shape index (κ2) is 5.61. The van der Waals surface area contributed by atoms with Gasteiger partial charge in [-0.05, 0) is 39.5 Å². The predicted molar refractivity (Wildman–Crippen MR) is 76.6 cm³/mol. The van der Waals surface area contributed by atoms with Crippen LogP contribution < -0.4 is 0 Å². The average Bonchev–Trinajstić information content (AvgIpc) is 2.80. The van der Waals surface area contributed by atoms with E-state index in [1.807, 2.05) is 20.8 Å². The van der Waals surface area contributed by atoms with Crippen molar-refractivity contribution in [3.05, 3.63) is 34.4 Å². The summed E-state index contributed by atoms with van der Waals surface area (Å²) >= 11 is 3.12. The minimum Gasteiger partial charge on any atom is -0.392 e. The zero-order chi connectivity index (χ0) is 14.9. The second-order valence-corrected chi connectivity index (χ2v) is 6.58. The Morgan fingerprint density at radius 3 is 2.70 bits per heavy atom. The van der Waals surface area contributed by atoms with E-state index in [1.165, 1.54) is 6.07 Å². The Bertz CT molecular complexity index is 607. The molecule has 1 aromatic carbocycles. The maximum atomic E-state index is 13.2. The van der Waals surface area contributed by atoms with Crippen LogP contribution in [0, 0.1) is 11.2 Å². The third-order valence-electron chi connectivity index (χ3n) is 3.01. The predicted octanol–water partition coefficient (Wildman–Crippen LogP) is 3.59. The highest BCUT2D eigenvalue weighted by molar-refractivity contribution is 9.10. The third kappa shape index (κ3) is 3.43. The molecular formula is C14H16BrFN2O2. The van der Waals surface area contributed by atoms with Crippen molar-refractivity contribution in [1.82, 2.24) is 10.1 Å². The van der Waals surface area contributed by atoms with Crippen LogP contribution in [0.15, 0.2) is 27.2 Å². The summed E-state index contributed by atoms with van der Waals surface area (Å²) in [6.07, 6.45) is -0.283. The lowest BCUT2D eigenvalue weighted by Crippen LogP contribution is -2.28. The van der Waals surface area contributed by atoms with Gasteiger partial charge >= 0.3 is 0 Å². The Morgan fingerprint density at radius 2 is 2.10 bits per heavy atom. The van der Waals surface area contributed by atoms with Crippen LogP contribution in [0.4, 0.5) is 4.39 Å². The van der Waals surface area contributed by atoms with Crippen molar-refractivity contribution in [2.75, 3.05) is 0 Å². The fourth-order valence-corrected chi connectivity index (χ4v) is 1.94. The summed E-state index contributed by atoms with van der Waals surface area (Å²) in [5.41, 5.74) is 0.395. The van der Waals surface area contributed by atoms with Crippen molar-refractivity contribution in [2.24, 2.45) is 5.41 Å². The number of nitrogens with zero attached hydrogens (tertiary/aromatic N) is 2. The van der Waals surface area contributed by atoms with Gasteiger partial charge in [-0.25, -0.2) is 4.39 Å². The van der Waals surface area contributed by atoms with Gasteiger partial charge in [-0.3, -0.25) is 0 Å². The zero-order valence-electron chi connectivity index (χ0n) is 11.5. The summed E-state index contributed by atoms with van der Waals surface area (Å²) in [5.74, 6) is 0.394. The van der Waals surface area contributed by atoms with Gasteiger partial charge < -0.3 is 9.63 Å². The summed E-state index contributed by atoms with van der Waals surface area (Å²) in [4.78, 5) is 4.22. The molecular weight excluding hydrogens is 327 g/mol. The summed E-state index contributed by atoms with van der Waals surface area (Å²) in [7, 11) is 0. The third-order valence-corrected chi connectivity index (χ3v) is 3.62. The van der Waals surface area contributed by atoms with E-state index in [0.29, 0.717) is 28.2 Å². The number of hydrogen-bond donors (Lipinski definition) is 1. The minimum atomic E-state index is -0.573. The highest BCUT2D eigenvalue weighted by Crippen LogP contribution is 2.25. The molecule has 0 spiro atoms. The van der Waals surface area contributed by atoms with Gasteiger partial charge in [0.1, 0.15) is 5.82 Å². The summed E-state index contributed by atoms with van der Waals surface area (Å²) in [5, 5.41) is 13.9. The Balaban J connectivity index is 2.18. The number of rotatable bonds is 3. The lowest BCUT2D eigenvalue weighted by Gasteiger charge is -2.24. The molecule has 2 rings (SSSR count). The van der Waals surface area contributed by atoms with Crippen LogP contribution in [-0.4, -0.2) is 21.4 Å². The molecule has 108 valence electrons. The Labute approximate surface area is 125 Å². The molecule has 1 aromatic heterocycles. The first-order valence-corrected chi connectivity index (χ1v) is 7.03. The molecule has 0 amide bonds. The van der Waals surface area contributed by atoms with Crippen LogP contribution in [-0.2, 0) is 6.42 Å². The minimum absolute atomic E-state index is 0.256. The largest absolute Gasteiger partial charge is 0.392 e. The van der Waals surface area contributed by atoms with Gasteiger partial charge in [-0.2, -0.15) is 4.98 Å². The van der Waals surface area contributed by atoms with Crippen LogP contribution in [0.3, 0.4) is 0 Å². The maximum absolute atomic E-state index is 13.2. The van der Waals surface area contributed by atoms with Crippen molar-refractivity contribution in [3.63, 3.8) is 0 Å². The number of hydrogen-bond acceptors (Lipinski definition) is 4. The Kier molecular flexibility index (Phi) is 4.25. The summed E-state index contributed by atoms with van der Waals surface area (Å²) < 4.78 is 18.6. The van der Waals surface area contributed by atoms with Crippen LogP contribution >= 0.6 is 15.9 Å². The highest BCUT2D eigenvalue weighted by atomic mass is 79.9. The van der Waals surface area contributed by atoms with Crippen molar-refractivity contribution >= 4 is 15.9 Å². The molecule has 20 heavy (non-hydrogen) atoms. The van der Waals surface area contributed by atoms with E-state index in [4.69, 9.17) is 4.52 Å². The van der Waals surface area contributed by atoms with E-state index < -0.39 is 6.10 Å². The van der Waals surface area contributed by atoms with Crippen molar-refractivity contribution in [2.45, 2.75) is 33.3 Å². The number of aliphatic hydroxyl groups excluding tert-OH is 1. The smallest absolute Gasteiger partial charge is 0.229 e. The molecule has 1 unspecified atom stereocenters. The van der Waals surface area contributed by atoms with E-state index in [2.05, 4.69) is 26.1 Å². The lowest BCUT2D eigenvalue weighted by atomic mass is 9.87. The molecule has 2 aromatic rings. The van der Waals surface area contributed by atoms with E-state index in [9.17, 15) is 9.50 Å². The van der Waals surface area contributed by atoms with Gasteiger partial charge in [0.05, 0.1) is 17.0 Å². The average molecular weight is 343 g/mol. The van der Waals surface area contributed by atoms with Crippen LogP contribution in [0.1, 0.15) is 26.7 Å². The number of aliphatic hydroxyl groups is 1. The van der Waals surface area contributed by atoms with Gasteiger partial charge in [0.15, 0.2) is 0 Å². The second-order valence-electron chi connectivity index (χ2n) is 5.73. The first-order chi connectivity index (χ1) is 9.27. The van der Waals surface area contributed by atoms with Crippen molar-refractivity contribution in [1.29, 1.82) is 0 Å². The topological polar surface area (TPSA) is 59.2 Å². The quantitative estimate of drug-likeness (QED) is 0.925.